The number of H-pyrrole nitrogens is 1. The van der Waals surface area contributed by atoms with Gasteiger partial charge in [0, 0.05) is 32.2 Å². The largest absolute Gasteiger partial charge is 0.360 e. The highest BCUT2D eigenvalue weighted by Crippen LogP contribution is 2.13. The van der Waals surface area contributed by atoms with Gasteiger partial charge in [-0.25, -0.2) is 4.98 Å². The van der Waals surface area contributed by atoms with Crippen LogP contribution < -0.4 is 5.32 Å². The highest BCUT2D eigenvalue weighted by atomic mass is 16.5. The molecule has 1 fully saturated rings. The number of piperazine rings is 1. The van der Waals surface area contributed by atoms with Crippen molar-refractivity contribution in [1.82, 2.24) is 24.9 Å². The number of hydrogen-bond donors (Lipinski definition) is 2. The van der Waals surface area contributed by atoms with Crippen molar-refractivity contribution >= 4 is 22.8 Å². The van der Waals surface area contributed by atoms with Crippen molar-refractivity contribution in [3.05, 3.63) is 41.9 Å². The van der Waals surface area contributed by atoms with Crippen LogP contribution in [-0.4, -0.2) is 63.6 Å². The summed E-state index contributed by atoms with van der Waals surface area (Å²) in [5.74, 6) is 2.07. The van der Waals surface area contributed by atoms with Gasteiger partial charge in [0.05, 0.1) is 24.1 Å². The van der Waals surface area contributed by atoms with Crippen LogP contribution >= 0.6 is 0 Å². The Hall–Kier alpha value is -2.71. The number of aromatic amines is 1. The maximum atomic E-state index is 12.1. The molecule has 0 bridgehead atoms. The SMILES string of the molecule is Cc1cc(NC(=O)CN2CCN(Cc3nc4ccccc4[nH]3)CC2)no1. The lowest BCUT2D eigenvalue weighted by atomic mass is 10.3. The number of fused-ring (bicyclic) bond motifs is 1. The first-order valence-electron chi connectivity index (χ1n) is 8.77. The molecule has 1 aliphatic rings. The summed E-state index contributed by atoms with van der Waals surface area (Å²) >= 11 is 0. The maximum Gasteiger partial charge on any atom is 0.239 e. The van der Waals surface area contributed by atoms with E-state index in [1.807, 2.05) is 24.3 Å². The van der Waals surface area contributed by atoms with E-state index in [1.165, 1.54) is 0 Å². The predicted octanol–water partition coefficient (Wildman–Crippen LogP) is 1.62. The van der Waals surface area contributed by atoms with Crippen molar-refractivity contribution in [3.8, 4) is 0 Å². The molecule has 3 aromatic rings. The monoisotopic (exact) mass is 354 g/mol. The molecule has 8 nitrogen and oxygen atoms in total. The molecule has 1 aliphatic heterocycles. The molecule has 1 aromatic carbocycles. The average Bonchev–Trinajstić information content (AvgIpc) is 3.21. The van der Waals surface area contributed by atoms with Crippen molar-refractivity contribution in [2.45, 2.75) is 13.5 Å². The van der Waals surface area contributed by atoms with Crippen molar-refractivity contribution in [3.63, 3.8) is 0 Å². The van der Waals surface area contributed by atoms with Crippen molar-refractivity contribution in [1.29, 1.82) is 0 Å². The number of rotatable bonds is 5. The number of carbonyl (C=O) groups excluding carboxylic acids is 1. The minimum atomic E-state index is -0.0657. The molecule has 8 heteroatoms. The number of amides is 1. The number of benzene rings is 1. The number of nitrogens with zero attached hydrogens (tertiary/aromatic N) is 4. The van der Waals surface area contributed by atoms with Gasteiger partial charge in [0.2, 0.25) is 5.91 Å². The fourth-order valence-electron chi connectivity index (χ4n) is 3.21. The third kappa shape index (κ3) is 3.92. The van der Waals surface area contributed by atoms with Crippen LogP contribution in [0.5, 0.6) is 0 Å². The van der Waals surface area contributed by atoms with E-state index in [2.05, 4.69) is 30.2 Å². The van der Waals surface area contributed by atoms with E-state index in [-0.39, 0.29) is 5.91 Å². The van der Waals surface area contributed by atoms with Crippen LogP contribution in [0.2, 0.25) is 0 Å². The molecule has 4 rings (SSSR count). The molecule has 26 heavy (non-hydrogen) atoms. The zero-order valence-electron chi connectivity index (χ0n) is 14.7. The second kappa shape index (κ2) is 7.27. The number of nitrogens with one attached hydrogen (secondary N) is 2. The number of anilines is 1. The number of para-hydroxylation sites is 2. The standard InChI is InChI=1S/C18H22N6O2/c1-13-10-16(22-26-13)21-18(25)12-24-8-6-23(7-9-24)11-17-19-14-4-2-3-5-15(14)20-17/h2-5,10H,6-9,11-12H2,1H3,(H,19,20)(H,21,22,25). The van der Waals surface area contributed by atoms with Crippen LogP contribution in [0, 0.1) is 6.92 Å². The molecule has 0 saturated carbocycles. The first-order valence-corrected chi connectivity index (χ1v) is 8.77. The van der Waals surface area contributed by atoms with E-state index in [4.69, 9.17) is 4.52 Å². The lowest BCUT2D eigenvalue weighted by Crippen LogP contribution is -2.48. The summed E-state index contributed by atoms with van der Waals surface area (Å²) < 4.78 is 4.95. The first-order chi connectivity index (χ1) is 12.7. The van der Waals surface area contributed by atoms with E-state index >= 15 is 0 Å². The summed E-state index contributed by atoms with van der Waals surface area (Å²) in [5.41, 5.74) is 2.07. The fraction of sp³-hybridized carbons (Fsp3) is 0.389. The van der Waals surface area contributed by atoms with Gasteiger partial charge in [-0.2, -0.15) is 0 Å². The number of aromatic nitrogens is 3. The van der Waals surface area contributed by atoms with Crippen LogP contribution in [-0.2, 0) is 11.3 Å². The third-order valence-corrected chi connectivity index (χ3v) is 4.54. The van der Waals surface area contributed by atoms with E-state index in [0.29, 0.717) is 18.1 Å². The van der Waals surface area contributed by atoms with E-state index in [9.17, 15) is 4.79 Å². The molecule has 1 amide bonds. The van der Waals surface area contributed by atoms with E-state index < -0.39 is 0 Å². The molecule has 0 unspecified atom stereocenters. The van der Waals surface area contributed by atoms with Gasteiger partial charge in [-0.15, -0.1) is 0 Å². The molecule has 0 radical (unpaired) electrons. The highest BCUT2D eigenvalue weighted by Gasteiger charge is 2.20. The van der Waals surface area contributed by atoms with Gasteiger partial charge < -0.3 is 14.8 Å². The van der Waals surface area contributed by atoms with Gasteiger partial charge in [0.25, 0.3) is 0 Å². The summed E-state index contributed by atoms with van der Waals surface area (Å²) in [6.45, 7) is 6.49. The summed E-state index contributed by atoms with van der Waals surface area (Å²) in [6.07, 6.45) is 0. The van der Waals surface area contributed by atoms with Gasteiger partial charge in [-0.1, -0.05) is 17.3 Å². The molecular formula is C18H22N6O2. The van der Waals surface area contributed by atoms with Gasteiger partial charge in [-0.05, 0) is 19.1 Å². The van der Waals surface area contributed by atoms with Crippen molar-refractivity contribution in [2.24, 2.45) is 0 Å². The van der Waals surface area contributed by atoms with Gasteiger partial charge in [0.15, 0.2) is 5.82 Å². The van der Waals surface area contributed by atoms with Gasteiger partial charge in [0.1, 0.15) is 11.6 Å². The minimum Gasteiger partial charge on any atom is -0.360 e. The van der Waals surface area contributed by atoms with E-state index in [1.54, 1.807) is 13.0 Å². The van der Waals surface area contributed by atoms with Gasteiger partial charge in [-0.3, -0.25) is 14.6 Å². The van der Waals surface area contributed by atoms with Crippen molar-refractivity contribution < 1.29 is 9.32 Å². The lowest BCUT2D eigenvalue weighted by Gasteiger charge is -2.33. The molecule has 0 aliphatic carbocycles. The normalized spacial score (nSPS) is 16.2. The molecular weight excluding hydrogens is 332 g/mol. The van der Waals surface area contributed by atoms with Crippen LogP contribution in [0.25, 0.3) is 11.0 Å². The van der Waals surface area contributed by atoms with Crippen molar-refractivity contribution in [2.75, 3.05) is 38.0 Å². The summed E-state index contributed by atoms with van der Waals surface area (Å²) in [5, 5.41) is 6.54. The summed E-state index contributed by atoms with van der Waals surface area (Å²) in [6, 6.07) is 9.77. The Balaban J connectivity index is 1.25. The zero-order valence-corrected chi connectivity index (χ0v) is 14.7. The number of carbonyl (C=O) groups is 1. The molecule has 2 aromatic heterocycles. The second-order valence-corrected chi connectivity index (χ2v) is 6.62. The van der Waals surface area contributed by atoms with Crippen LogP contribution in [0.1, 0.15) is 11.6 Å². The molecule has 0 atom stereocenters. The molecule has 2 N–H and O–H groups in total. The Morgan fingerprint density at radius 1 is 1.23 bits per heavy atom. The molecule has 1 saturated heterocycles. The van der Waals surface area contributed by atoms with Gasteiger partial charge >= 0.3 is 0 Å². The van der Waals surface area contributed by atoms with Crippen LogP contribution in [0.4, 0.5) is 5.82 Å². The van der Waals surface area contributed by atoms with E-state index in [0.717, 1.165) is 49.6 Å². The number of aryl methyl sites for hydroxylation is 1. The minimum absolute atomic E-state index is 0.0657. The van der Waals surface area contributed by atoms with Crippen LogP contribution in [0.15, 0.2) is 34.9 Å². The molecule has 136 valence electrons. The Bertz CT molecular complexity index is 861. The predicted molar refractivity (Wildman–Crippen MR) is 97.7 cm³/mol. The number of hydrogen-bond acceptors (Lipinski definition) is 6. The van der Waals surface area contributed by atoms with Crippen LogP contribution in [0.3, 0.4) is 0 Å². The Labute approximate surface area is 151 Å². The maximum absolute atomic E-state index is 12.1. The topological polar surface area (TPSA) is 90.3 Å². The third-order valence-electron chi connectivity index (χ3n) is 4.54. The Morgan fingerprint density at radius 3 is 2.73 bits per heavy atom. The molecule has 0 spiro atoms. The highest BCUT2D eigenvalue weighted by molar-refractivity contribution is 5.91. The second-order valence-electron chi connectivity index (χ2n) is 6.62. The lowest BCUT2D eigenvalue weighted by molar-refractivity contribution is -0.117. The number of imidazole rings is 1. The average molecular weight is 354 g/mol. The summed E-state index contributed by atoms with van der Waals surface area (Å²) in [7, 11) is 0. The summed E-state index contributed by atoms with van der Waals surface area (Å²) in [4.78, 5) is 24.6. The molecule has 3 heterocycles. The quantitative estimate of drug-likeness (QED) is 0.724. The zero-order chi connectivity index (χ0) is 17.9. The Kier molecular flexibility index (Phi) is 4.68. The first kappa shape index (κ1) is 16.7. The Morgan fingerprint density at radius 2 is 2.00 bits per heavy atom. The fourth-order valence-corrected chi connectivity index (χ4v) is 3.21. The smallest absolute Gasteiger partial charge is 0.239 e.